The SMILES string of the molecule is NC(=S)C1(C(=O)NCC2CC2)CCCCC1. The quantitative estimate of drug-likeness (QED) is 0.736. The van der Waals surface area contributed by atoms with Gasteiger partial charge in [-0.05, 0) is 31.6 Å². The molecule has 2 fully saturated rings. The molecule has 0 radical (unpaired) electrons. The highest BCUT2D eigenvalue weighted by Gasteiger charge is 2.42. The second kappa shape index (κ2) is 4.70. The minimum Gasteiger partial charge on any atom is -0.392 e. The van der Waals surface area contributed by atoms with Crippen molar-refractivity contribution in [1.29, 1.82) is 0 Å². The number of hydrogen-bond donors (Lipinski definition) is 2. The number of nitrogens with two attached hydrogens (primary N) is 1. The van der Waals surface area contributed by atoms with Crippen LogP contribution >= 0.6 is 12.2 Å². The van der Waals surface area contributed by atoms with Gasteiger partial charge in [-0.1, -0.05) is 31.5 Å². The van der Waals surface area contributed by atoms with Gasteiger partial charge >= 0.3 is 0 Å². The first-order valence-corrected chi connectivity index (χ1v) is 6.64. The van der Waals surface area contributed by atoms with Crippen LogP contribution in [0.2, 0.25) is 0 Å². The zero-order chi connectivity index (χ0) is 11.6. The topological polar surface area (TPSA) is 55.1 Å². The van der Waals surface area contributed by atoms with Crippen LogP contribution in [-0.2, 0) is 4.79 Å². The predicted molar refractivity (Wildman–Crippen MR) is 68.0 cm³/mol. The molecule has 0 aromatic heterocycles. The van der Waals surface area contributed by atoms with E-state index in [4.69, 9.17) is 18.0 Å². The Morgan fingerprint density at radius 2 is 1.94 bits per heavy atom. The Morgan fingerprint density at radius 3 is 2.44 bits per heavy atom. The summed E-state index contributed by atoms with van der Waals surface area (Å²) in [5, 5.41) is 3.03. The number of amides is 1. The number of rotatable bonds is 4. The van der Waals surface area contributed by atoms with Crippen molar-refractivity contribution in [3.63, 3.8) is 0 Å². The molecule has 0 unspecified atom stereocenters. The standard InChI is InChI=1S/C12H20N2OS/c13-10(16)12(6-2-1-3-7-12)11(15)14-8-9-4-5-9/h9H,1-8H2,(H2,13,16)(H,14,15). The summed E-state index contributed by atoms with van der Waals surface area (Å²) < 4.78 is 0. The third-order valence-electron chi connectivity index (χ3n) is 3.86. The Kier molecular flexibility index (Phi) is 3.47. The lowest BCUT2D eigenvalue weighted by atomic mass is 9.73. The van der Waals surface area contributed by atoms with E-state index >= 15 is 0 Å². The molecule has 16 heavy (non-hydrogen) atoms. The molecule has 0 spiro atoms. The smallest absolute Gasteiger partial charge is 0.233 e. The molecule has 0 aromatic rings. The van der Waals surface area contributed by atoms with E-state index in [-0.39, 0.29) is 5.91 Å². The van der Waals surface area contributed by atoms with E-state index in [1.54, 1.807) is 0 Å². The average molecular weight is 240 g/mol. The van der Waals surface area contributed by atoms with Gasteiger partial charge in [0, 0.05) is 6.54 Å². The molecule has 2 rings (SSSR count). The summed E-state index contributed by atoms with van der Waals surface area (Å²) in [5.74, 6) is 0.780. The molecule has 0 saturated heterocycles. The van der Waals surface area contributed by atoms with Crippen molar-refractivity contribution in [2.24, 2.45) is 17.1 Å². The molecular weight excluding hydrogens is 220 g/mol. The normalized spacial score (nSPS) is 23.8. The van der Waals surface area contributed by atoms with Crippen molar-refractivity contribution >= 4 is 23.1 Å². The molecule has 2 saturated carbocycles. The molecule has 3 nitrogen and oxygen atoms in total. The lowest BCUT2D eigenvalue weighted by Crippen LogP contribution is -2.50. The number of thiocarbonyl (C=S) groups is 1. The molecule has 3 N–H and O–H groups in total. The Bertz CT molecular complexity index is 293. The van der Waals surface area contributed by atoms with Crippen LogP contribution in [0.1, 0.15) is 44.9 Å². The van der Waals surface area contributed by atoms with Crippen molar-refractivity contribution in [3.8, 4) is 0 Å². The Balaban J connectivity index is 1.98. The minimum absolute atomic E-state index is 0.0756. The van der Waals surface area contributed by atoms with Gasteiger partial charge in [-0.3, -0.25) is 4.79 Å². The molecule has 2 aliphatic rings. The van der Waals surface area contributed by atoms with Gasteiger partial charge in [-0.2, -0.15) is 0 Å². The van der Waals surface area contributed by atoms with E-state index < -0.39 is 5.41 Å². The number of carbonyl (C=O) groups excluding carboxylic acids is 1. The predicted octanol–water partition coefficient (Wildman–Crippen LogP) is 1.75. The average Bonchev–Trinajstić information content (AvgIpc) is 3.10. The van der Waals surface area contributed by atoms with E-state index in [9.17, 15) is 4.79 Å². The van der Waals surface area contributed by atoms with Crippen molar-refractivity contribution in [1.82, 2.24) is 5.32 Å². The summed E-state index contributed by atoms with van der Waals surface area (Å²) >= 11 is 5.12. The highest BCUT2D eigenvalue weighted by Crippen LogP contribution is 2.37. The second-order valence-corrected chi connectivity index (χ2v) is 5.60. The Morgan fingerprint density at radius 1 is 1.31 bits per heavy atom. The zero-order valence-electron chi connectivity index (χ0n) is 9.63. The summed E-state index contributed by atoms with van der Waals surface area (Å²) in [6, 6.07) is 0. The van der Waals surface area contributed by atoms with Crippen LogP contribution in [-0.4, -0.2) is 17.4 Å². The summed E-state index contributed by atoms with van der Waals surface area (Å²) in [6.07, 6.45) is 7.49. The molecule has 0 atom stereocenters. The second-order valence-electron chi connectivity index (χ2n) is 5.16. The van der Waals surface area contributed by atoms with Crippen LogP contribution in [0.5, 0.6) is 0 Å². The molecule has 4 heteroatoms. The van der Waals surface area contributed by atoms with Crippen LogP contribution < -0.4 is 11.1 Å². The van der Waals surface area contributed by atoms with Crippen molar-refractivity contribution < 1.29 is 4.79 Å². The summed E-state index contributed by atoms with van der Waals surface area (Å²) in [5.41, 5.74) is 5.26. The summed E-state index contributed by atoms with van der Waals surface area (Å²) in [6.45, 7) is 0.809. The first kappa shape index (κ1) is 11.8. The fourth-order valence-corrected chi connectivity index (χ4v) is 2.77. The third-order valence-corrected chi connectivity index (χ3v) is 4.25. The number of carbonyl (C=O) groups is 1. The lowest BCUT2D eigenvalue weighted by Gasteiger charge is -2.34. The first-order chi connectivity index (χ1) is 7.65. The van der Waals surface area contributed by atoms with Crippen LogP contribution in [0.25, 0.3) is 0 Å². The maximum absolute atomic E-state index is 12.2. The number of hydrogen-bond acceptors (Lipinski definition) is 2. The van der Waals surface area contributed by atoms with Crippen molar-refractivity contribution in [2.45, 2.75) is 44.9 Å². The van der Waals surface area contributed by atoms with Crippen LogP contribution in [0.3, 0.4) is 0 Å². The molecule has 0 heterocycles. The van der Waals surface area contributed by atoms with E-state index in [1.165, 1.54) is 19.3 Å². The van der Waals surface area contributed by atoms with E-state index in [0.717, 1.165) is 32.2 Å². The summed E-state index contributed by atoms with van der Waals surface area (Å²) in [7, 11) is 0. The first-order valence-electron chi connectivity index (χ1n) is 6.23. The van der Waals surface area contributed by atoms with Crippen molar-refractivity contribution in [3.05, 3.63) is 0 Å². The van der Waals surface area contributed by atoms with Crippen LogP contribution in [0.4, 0.5) is 0 Å². The highest BCUT2D eigenvalue weighted by molar-refractivity contribution is 7.80. The molecule has 0 aromatic carbocycles. The minimum atomic E-state index is -0.539. The maximum atomic E-state index is 12.2. The van der Waals surface area contributed by atoms with Gasteiger partial charge in [0.25, 0.3) is 0 Å². The molecular formula is C12H20N2OS. The molecule has 90 valence electrons. The molecule has 2 aliphatic carbocycles. The van der Waals surface area contributed by atoms with Gasteiger partial charge in [-0.15, -0.1) is 0 Å². The van der Waals surface area contributed by atoms with Crippen molar-refractivity contribution in [2.75, 3.05) is 6.54 Å². The van der Waals surface area contributed by atoms with Gasteiger partial charge in [0.05, 0.1) is 10.4 Å². The fourth-order valence-electron chi connectivity index (χ4n) is 2.47. The van der Waals surface area contributed by atoms with Gasteiger partial charge in [0.1, 0.15) is 0 Å². The van der Waals surface area contributed by atoms with Gasteiger partial charge < -0.3 is 11.1 Å². The van der Waals surface area contributed by atoms with Gasteiger partial charge in [0.15, 0.2) is 0 Å². The van der Waals surface area contributed by atoms with E-state index in [2.05, 4.69) is 5.32 Å². The van der Waals surface area contributed by atoms with E-state index in [0.29, 0.717) is 10.9 Å². The zero-order valence-corrected chi connectivity index (χ0v) is 10.4. The van der Waals surface area contributed by atoms with Gasteiger partial charge in [0.2, 0.25) is 5.91 Å². The molecule has 0 bridgehead atoms. The molecule has 1 amide bonds. The molecule has 0 aliphatic heterocycles. The Hall–Kier alpha value is -0.640. The monoisotopic (exact) mass is 240 g/mol. The van der Waals surface area contributed by atoms with Crippen LogP contribution in [0, 0.1) is 11.3 Å². The maximum Gasteiger partial charge on any atom is 0.233 e. The lowest BCUT2D eigenvalue weighted by molar-refractivity contribution is -0.128. The van der Waals surface area contributed by atoms with E-state index in [1.807, 2.05) is 0 Å². The highest BCUT2D eigenvalue weighted by atomic mass is 32.1. The van der Waals surface area contributed by atoms with Gasteiger partial charge in [-0.25, -0.2) is 0 Å². The summed E-state index contributed by atoms with van der Waals surface area (Å²) in [4.78, 5) is 12.6. The fraction of sp³-hybridized carbons (Fsp3) is 0.833. The van der Waals surface area contributed by atoms with Crippen LogP contribution in [0.15, 0.2) is 0 Å². The third kappa shape index (κ3) is 2.37. The number of nitrogens with one attached hydrogen (secondary N) is 1. The Labute approximate surface area is 102 Å². The largest absolute Gasteiger partial charge is 0.392 e.